The maximum atomic E-state index is 13.8. The molecule has 2 unspecified atom stereocenters. The molecule has 7 heterocycles. The molecule has 6 atom stereocenters. The Kier molecular flexibility index (Phi) is 7.72. The van der Waals surface area contributed by atoms with Crippen LogP contribution in [-0.4, -0.2) is 66.5 Å². The molecule has 5 aliphatic heterocycles. The van der Waals surface area contributed by atoms with Crippen molar-refractivity contribution in [2.45, 2.75) is 63.6 Å². The Balaban J connectivity index is 1.07. The largest absolute Gasteiger partial charge is 0.497 e. The maximum Gasteiger partial charge on any atom is 0.249 e. The number of nitrogens with zero attached hydrogens (tertiary/aromatic N) is 5. The van der Waals surface area contributed by atoms with Gasteiger partial charge in [-0.1, -0.05) is 25.1 Å². The third kappa shape index (κ3) is 5.14. The molecule has 1 amide bonds. The van der Waals surface area contributed by atoms with Crippen LogP contribution in [0.5, 0.6) is 11.6 Å². The van der Waals surface area contributed by atoms with E-state index in [9.17, 15) is 4.79 Å². The number of carbonyl (C=O) groups excluding carboxylic acids is 1. The first-order valence-electron chi connectivity index (χ1n) is 17.0. The molecule has 9 heteroatoms. The van der Waals surface area contributed by atoms with Crippen molar-refractivity contribution >= 4 is 28.3 Å². The van der Waals surface area contributed by atoms with Crippen LogP contribution >= 0.6 is 0 Å². The minimum absolute atomic E-state index is 0.152. The van der Waals surface area contributed by atoms with Crippen molar-refractivity contribution in [1.82, 2.24) is 15.2 Å². The van der Waals surface area contributed by atoms with Gasteiger partial charge in [0, 0.05) is 60.7 Å². The van der Waals surface area contributed by atoms with Crippen molar-refractivity contribution in [2.24, 2.45) is 11.8 Å². The van der Waals surface area contributed by atoms with Crippen LogP contribution in [0.3, 0.4) is 0 Å². The van der Waals surface area contributed by atoms with E-state index in [2.05, 4.69) is 51.3 Å². The van der Waals surface area contributed by atoms with E-state index in [0.29, 0.717) is 11.9 Å². The highest BCUT2D eigenvalue weighted by molar-refractivity contribution is 6.00. The van der Waals surface area contributed by atoms with E-state index in [4.69, 9.17) is 9.47 Å². The number of aromatic nitrogens is 3. The minimum atomic E-state index is -0.237. The first kappa shape index (κ1) is 29.2. The molecule has 2 bridgehead atoms. The molecule has 4 saturated heterocycles. The third-order valence-electron chi connectivity index (χ3n) is 11.1. The van der Waals surface area contributed by atoms with Crippen molar-refractivity contribution in [3.05, 3.63) is 78.0 Å². The smallest absolute Gasteiger partial charge is 0.249 e. The molecular formula is C37H43N6O3+. The van der Waals surface area contributed by atoms with Crippen LogP contribution in [0.2, 0.25) is 0 Å². The van der Waals surface area contributed by atoms with Gasteiger partial charge in [-0.2, -0.15) is 0 Å². The van der Waals surface area contributed by atoms with E-state index in [-0.39, 0.29) is 18.1 Å². The van der Waals surface area contributed by atoms with E-state index in [1.165, 1.54) is 31.5 Å². The molecule has 2 aromatic carbocycles. The van der Waals surface area contributed by atoms with Crippen molar-refractivity contribution in [3.63, 3.8) is 0 Å². The van der Waals surface area contributed by atoms with Gasteiger partial charge in [-0.25, -0.2) is 0 Å². The zero-order chi connectivity index (χ0) is 31.2. The predicted molar refractivity (Wildman–Crippen MR) is 178 cm³/mol. The first-order valence-corrected chi connectivity index (χ1v) is 17.0. The van der Waals surface area contributed by atoms with Crippen LogP contribution in [-0.2, 0) is 11.2 Å². The molecule has 4 fully saturated rings. The Labute approximate surface area is 270 Å². The number of hydrogen-bond acceptors (Lipinski definition) is 7. The summed E-state index contributed by atoms with van der Waals surface area (Å²) in [4.78, 5) is 24.2. The first-order chi connectivity index (χ1) is 22.6. The lowest BCUT2D eigenvalue weighted by Gasteiger charge is -2.48. The topological polar surface area (TPSA) is 85.1 Å². The second-order valence-electron chi connectivity index (χ2n) is 13.4. The lowest BCUT2D eigenvalue weighted by Crippen LogP contribution is -3.20. The standard InChI is InChI=1S/C37H42N6O3/c1-3-24-23-41-19-15-26(24)21-33(41)36(28-14-17-38-30-11-10-27(45-2)22-29(28)30)46-35-13-12-34(39-40-35)42-18-6-9-32(42)37(44)43-20-16-25-7-4-5-8-31(25)43/h4-5,7-8,10-14,17,22,24,26,32-33,36H,3,6,9,15-16,18-21,23H2,1-2H3/p+1/t24-,26?,32+,33-,36-/m0/s1. The summed E-state index contributed by atoms with van der Waals surface area (Å²) in [6, 6.07) is 20.4. The zero-order valence-electron chi connectivity index (χ0n) is 26.8. The number of para-hydroxylation sites is 1. The number of ether oxygens (including phenoxy) is 2. The molecule has 2 aromatic heterocycles. The van der Waals surface area contributed by atoms with Crippen LogP contribution in [0.1, 0.15) is 56.3 Å². The SMILES string of the molecule is CC[C@H]1C[NH+]2CCC1C[C@H]2[C@@H](Oc1ccc(N2CCC[C@@H]2C(=O)N2CCc3ccccc32)nn1)c1ccnc2ccc(OC)cc12. The van der Waals surface area contributed by atoms with E-state index < -0.39 is 0 Å². The Bertz CT molecular complexity index is 1730. The molecule has 0 saturated carbocycles. The summed E-state index contributed by atoms with van der Waals surface area (Å²) in [6.07, 6.45) is 8.01. The van der Waals surface area contributed by atoms with E-state index in [0.717, 1.165) is 84.3 Å². The van der Waals surface area contributed by atoms with Crippen molar-refractivity contribution < 1.29 is 19.2 Å². The Hall–Kier alpha value is -4.24. The van der Waals surface area contributed by atoms with E-state index in [1.807, 2.05) is 47.5 Å². The molecule has 238 valence electrons. The van der Waals surface area contributed by atoms with Gasteiger partial charge in [0.15, 0.2) is 11.9 Å². The highest BCUT2D eigenvalue weighted by Gasteiger charge is 2.48. The van der Waals surface area contributed by atoms with Gasteiger partial charge in [-0.05, 0) is 73.6 Å². The van der Waals surface area contributed by atoms with Crippen LogP contribution < -0.4 is 24.2 Å². The summed E-state index contributed by atoms with van der Waals surface area (Å²) in [5.41, 5.74) is 4.33. The fourth-order valence-electron chi connectivity index (χ4n) is 8.76. The maximum absolute atomic E-state index is 13.8. The number of pyridine rings is 1. The third-order valence-corrected chi connectivity index (χ3v) is 11.1. The highest BCUT2D eigenvalue weighted by Crippen LogP contribution is 2.38. The second kappa shape index (κ2) is 12.2. The molecule has 9 nitrogen and oxygen atoms in total. The summed E-state index contributed by atoms with van der Waals surface area (Å²) >= 11 is 0. The summed E-state index contributed by atoms with van der Waals surface area (Å²) in [5, 5.41) is 10.3. The van der Waals surface area contributed by atoms with Crippen LogP contribution in [0, 0.1) is 11.8 Å². The fourth-order valence-corrected chi connectivity index (χ4v) is 8.76. The fraction of sp³-hybridized carbons (Fsp3) is 0.459. The Morgan fingerprint density at radius 2 is 1.98 bits per heavy atom. The van der Waals surface area contributed by atoms with Crippen molar-refractivity contribution in [1.29, 1.82) is 0 Å². The average molecular weight is 620 g/mol. The normalized spacial score (nSPS) is 25.9. The molecular weight excluding hydrogens is 576 g/mol. The number of methoxy groups -OCH3 is 1. The van der Waals surface area contributed by atoms with Crippen molar-refractivity contribution in [3.8, 4) is 11.6 Å². The number of quaternary nitrogens is 1. The van der Waals surface area contributed by atoms with Crippen LogP contribution in [0.4, 0.5) is 11.5 Å². The number of carbonyl (C=O) groups is 1. The number of benzene rings is 2. The average Bonchev–Trinajstić information content (AvgIpc) is 3.78. The predicted octanol–water partition coefficient (Wildman–Crippen LogP) is 4.41. The minimum Gasteiger partial charge on any atom is -0.497 e. The van der Waals surface area contributed by atoms with Crippen molar-refractivity contribution in [2.75, 3.05) is 43.1 Å². The number of fused-ring (bicyclic) bond motifs is 5. The Morgan fingerprint density at radius 1 is 1.07 bits per heavy atom. The molecule has 9 rings (SSSR count). The molecule has 5 aliphatic rings. The van der Waals surface area contributed by atoms with E-state index >= 15 is 0 Å². The molecule has 0 spiro atoms. The van der Waals surface area contributed by atoms with E-state index in [1.54, 1.807) is 12.0 Å². The van der Waals surface area contributed by atoms with Gasteiger partial charge in [0.1, 0.15) is 17.8 Å². The number of rotatable bonds is 8. The number of nitrogens with one attached hydrogen (secondary N) is 1. The Morgan fingerprint density at radius 3 is 2.78 bits per heavy atom. The molecule has 46 heavy (non-hydrogen) atoms. The van der Waals surface area contributed by atoms with Gasteiger partial charge < -0.3 is 24.2 Å². The molecule has 0 aliphatic carbocycles. The summed E-state index contributed by atoms with van der Waals surface area (Å²) < 4.78 is 12.5. The lowest BCUT2D eigenvalue weighted by atomic mass is 9.72. The van der Waals surface area contributed by atoms with Crippen LogP contribution in [0.15, 0.2) is 66.9 Å². The number of anilines is 2. The molecule has 0 radical (unpaired) electrons. The van der Waals surface area contributed by atoms with Gasteiger partial charge in [0.2, 0.25) is 11.8 Å². The van der Waals surface area contributed by atoms with Gasteiger partial charge in [0.25, 0.3) is 0 Å². The number of amides is 1. The zero-order valence-corrected chi connectivity index (χ0v) is 26.8. The molecule has 4 aromatic rings. The summed E-state index contributed by atoms with van der Waals surface area (Å²) in [6.45, 7) is 6.22. The number of hydrogen-bond donors (Lipinski definition) is 1. The monoisotopic (exact) mass is 619 g/mol. The summed E-state index contributed by atoms with van der Waals surface area (Å²) in [7, 11) is 1.70. The molecule has 1 N–H and O–H groups in total. The van der Waals surface area contributed by atoms with Gasteiger partial charge in [-0.15, -0.1) is 10.2 Å². The van der Waals surface area contributed by atoms with Gasteiger partial charge >= 0.3 is 0 Å². The number of piperidine rings is 3. The van der Waals surface area contributed by atoms with Crippen LogP contribution in [0.25, 0.3) is 10.9 Å². The lowest BCUT2D eigenvalue weighted by molar-refractivity contribution is -0.950. The summed E-state index contributed by atoms with van der Waals surface area (Å²) in [5.74, 6) is 3.69. The second-order valence-corrected chi connectivity index (χ2v) is 13.4. The van der Waals surface area contributed by atoms with Gasteiger partial charge in [-0.3, -0.25) is 9.78 Å². The van der Waals surface area contributed by atoms with Gasteiger partial charge in [0.05, 0.1) is 25.7 Å². The quantitative estimate of drug-likeness (QED) is 0.313. The highest BCUT2D eigenvalue weighted by atomic mass is 16.5.